The van der Waals surface area contributed by atoms with Crippen molar-refractivity contribution in [2.75, 3.05) is 6.61 Å². The van der Waals surface area contributed by atoms with Crippen LogP contribution in [0.15, 0.2) is 0 Å². The van der Waals surface area contributed by atoms with Gasteiger partial charge in [0.05, 0.1) is 11.3 Å². The van der Waals surface area contributed by atoms with Gasteiger partial charge in [-0.2, -0.15) is 4.31 Å². The third-order valence-corrected chi connectivity index (χ3v) is 4.90. The highest BCUT2D eigenvalue weighted by Gasteiger charge is 2.57. The van der Waals surface area contributed by atoms with Crippen molar-refractivity contribution in [3.63, 3.8) is 0 Å². The predicted molar refractivity (Wildman–Crippen MR) is 48.7 cm³/mol. The van der Waals surface area contributed by atoms with E-state index in [1.54, 1.807) is 13.8 Å². The van der Waals surface area contributed by atoms with Gasteiger partial charge in [0, 0.05) is 6.61 Å². The molecule has 2 aliphatic heterocycles. The van der Waals surface area contributed by atoms with Crippen molar-refractivity contribution in [3.8, 4) is 0 Å². The van der Waals surface area contributed by atoms with E-state index in [9.17, 15) is 8.42 Å². The van der Waals surface area contributed by atoms with E-state index in [1.807, 2.05) is 0 Å². The van der Waals surface area contributed by atoms with E-state index in [0.29, 0.717) is 6.61 Å². The molecule has 2 rings (SSSR count). The largest absolute Gasteiger partial charge is 0.360 e. The molecule has 0 N–H and O–H groups in total. The van der Waals surface area contributed by atoms with Crippen LogP contribution in [0.1, 0.15) is 26.7 Å². The smallest absolute Gasteiger partial charge is 0.219 e. The summed E-state index contributed by atoms with van der Waals surface area (Å²) in [5.74, 6) is 0. The molecule has 2 saturated heterocycles. The summed E-state index contributed by atoms with van der Waals surface area (Å²) in [6.07, 6.45) is 1.79. The van der Waals surface area contributed by atoms with E-state index >= 15 is 0 Å². The van der Waals surface area contributed by atoms with Gasteiger partial charge >= 0.3 is 0 Å². The Labute approximate surface area is 78.9 Å². The molecule has 2 heterocycles. The molecule has 0 amide bonds. The maximum atomic E-state index is 11.7. The zero-order chi connectivity index (χ0) is 9.64. The zero-order valence-electron chi connectivity index (χ0n) is 7.93. The van der Waals surface area contributed by atoms with Gasteiger partial charge in [-0.1, -0.05) is 0 Å². The maximum absolute atomic E-state index is 11.7. The van der Waals surface area contributed by atoms with Crippen LogP contribution in [0.25, 0.3) is 0 Å². The zero-order valence-corrected chi connectivity index (χ0v) is 8.75. The molecule has 4 nitrogen and oxygen atoms in total. The fraction of sp³-hybridized carbons (Fsp3) is 1.00. The Morgan fingerprint density at radius 2 is 2.15 bits per heavy atom. The summed E-state index contributed by atoms with van der Waals surface area (Å²) in [5, 5.41) is -0.332. The van der Waals surface area contributed by atoms with Crippen LogP contribution in [-0.2, 0) is 14.8 Å². The normalized spacial score (nSPS) is 38.8. The van der Waals surface area contributed by atoms with Gasteiger partial charge in [-0.05, 0) is 26.7 Å². The molecule has 0 radical (unpaired) electrons. The first-order valence-electron chi connectivity index (χ1n) is 4.69. The average molecular weight is 205 g/mol. The monoisotopic (exact) mass is 205 g/mol. The van der Waals surface area contributed by atoms with E-state index in [2.05, 4.69) is 0 Å². The minimum Gasteiger partial charge on any atom is -0.360 e. The standard InChI is InChI=1S/C8H15NO3S/c1-6(2)13(10,11)9-7-4-3-5-12-8(7)9/h6-8H,3-5H2,1-2H3/t7-,8-,9?/m0/s1. The van der Waals surface area contributed by atoms with Crippen molar-refractivity contribution >= 4 is 10.0 Å². The Morgan fingerprint density at radius 1 is 1.46 bits per heavy atom. The van der Waals surface area contributed by atoms with E-state index in [0.717, 1.165) is 12.8 Å². The Hall–Kier alpha value is -0.130. The van der Waals surface area contributed by atoms with Gasteiger partial charge in [-0.3, -0.25) is 0 Å². The lowest BCUT2D eigenvalue weighted by Gasteiger charge is -2.08. The number of sulfonamides is 1. The van der Waals surface area contributed by atoms with E-state index < -0.39 is 10.0 Å². The highest BCUT2D eigenvalue weighted by Crippen LogP contribution is 2.40. The maximum Gasteiger partial charge on any atom is 0.219 e. The summed E-state index contributed by atoms with van der Waals surface area (Å²) >= 11 is 0. The Bertz CT molecular complexity index is 287. The van der Waals surface area contributed by atoms with Gasteiger partial charge in [0.2, 0.25) is 10.0 Å². The lowest BCUT2D eigenvalue weighted by molar-refractivity contribution is 0.0786. The average Bonchev–Trinajstić information content (AvgIpc) is 2.77. The predicted octanol–water partition coefficient (Wildman–Crippen LogP) is 0.545. The second kappa shape index (κ2) is 2.93. The molecule has 0 aromatic rings. The highest BCUT2D eigenvalue weighted by atomic mass is 32.2. The molecule has 0 saturated carbocycles. The van der Waals surface area contributed by atoms with Gasteiger partial charge in [0.15, 0.2) is 0 Å². The fourth-order valence-corrected chi connectivity index (χ4v) is 3.27. The first-order valence-corrected chi connectivity index (χ1v) is 6.19. The molecule has 0 spiro atoms. The molecule has 0 aromatic heterocycles. The molecule has 76 valence electrons. The second-order valence-electron chi connectivity index (χ2n) is 3.89. The Balaban J connectivity index is 2.12. The second-order valence-corrected chi connectivity index (χ2v) is 6.29. The van der Waals surface area contributed by atoms with Crippen LogP contribution in [0.3, 0.4) is 0 Å². The molecule has 3 atom stereocenters. The molecular weight excluding hydrogens is 190 g/mol. The van der Waals surface area contributed by atoms with Crippen molar-refractivity contribution in [1.82, 2.24) is 4.31 Å². The summed E-state index contributed by atoms with van der Waals surface area (Å²) in [7, 11) is -3.08. The molecular formula is C8H15NO3S. The number of nitrogens with zero attached hydrogens (tertiary/aromatic N) is 1. The van der Waals surface area contributed by atoms with Gasteiger partial charge in [0.25, 0.3) is 0 Å². The van der Waals surface area contributed by atoms with Gasteiger partial charge in [-0.15, -0.1) is 0 Å². The third kappa shape index (κ3) is 1.39. The third-order valence-electron chi connectivity index (χ3n) is 2.64. The minimum absolute atomic E-state index is 0.138. The molecule has 0 aliphatic carbocycles. The Kier molecular flexibility index (Phi) is 2.13. The van der Waals surface area contributed by atoms with E-state index in [4.69, 9.17) is 4.74 Å². The minimum atomic E-state index is -3.08. The van der Waals surface area contributed by atoms with Crippen molar-refractivity contribution < 1.29 is 13.2 Å². The first kappa shape index (κ1) is 9.43. The lowest BCUT2D eigenvalue weighted by Crippen LogP contribution is -2.24. The van der Waals surface area contributed by atoms with Crippen LogP contribution in [0.4, 0.5) is 0 Å². The Morgan fingerprint density at radius 3 is 2.62 bits per heavy atom. The van der Waals surface area contributed by atoms with Crippen LogP contribution in [0.2, 0.25) is 0 Å². The van der Waals surface area contributed by atoms with Crippen molar-refractivity contribution in [1.29, 1.82) is 0 Å². The number of ether oxygens (including phenoxy) is 1. The van der Waals surface area contributed by atoms with Crippen molar-refractivity contribution in [3.05, 3.63) is 0 Å². The van der Waals surface area contributed by atoms with Crippen LogP contribution in [0, 0.1) is 0 Å². The summed E-state index contributed by atoms with van der Waals surface area (Å²) in [4.78, 5) is 0. The van der Waals surface area contributed by atoms with Crippen LogP contribution in [0.5, 0.6) is 0 Å². The van der Waals surface area contributed by atoms with Gasteiger partial charge < -0.3 is 4.74 Å². The molecule has 1 unspecified atom stereocenters. The van der Waals surface area contributed by atoms with Crippen LogP contribution in [-0.4, -0.2) is 36.8 Å². The topological polar surface area (TPSA) is 46.4 Å². The summed E-state index contributed by atoms with van der Waals surface area (Å²) in [6, 6.07) is 0.140. The molecule has 2 fully saturated rings. The summed E-state index contributed by atoms with van der Waals surface area (Å²) < 4.78 is 30.3. The van der Waals surface area contributed by atoms with Crippen LogP contribution >= 0.6 is 0 Å². The lowest BCUT2D eigenvalue weighted by atomic mass is 10.2. The number of rotatable bonds is 2. The molecule has 13 heavy (non-hydrogen) atoms. The molecule has 5 heteroatoms. The van der Waals surface area contributed by atoms with Crippen LogP contribution < -0.4 is 0 Å². The quantitative estimate of drug-likeness (QED) is 0.618. The molecule has 0 bridgehead atoms. The molecule has 2 aliphatic rings. The number of fused-ring (bicyclic) bond motifs is 1. The summed E-state index contributed by atoms with van der Waals surface area (Å²) in [6.45, 7) is 4.12. The molecule has 0 aromatic carbocycles. The first-order chi connectivity index (χ1) is 6.05. The van der Waals surface area contributed by atoms with E-state index in [-0.39, 0.29) is 17.5 Å². The van der Waals surface area contributed by atoms with Gasteiger partial charge in [0.1, 0.15) is 6.23 Å². The number of hydrogen-bond acceptors (Lipinski definition) is 3. The van der Waals surface area contributed by atoms with Crippen molar-refractivity contribution in [2.45, 2.75) is 44.2 Å². The van der Waals surface area contributed by atoms with E-state index in [1.165, 1.54) is 4.31 Å². The fourth-order valence-electron chi connectivity index (χ4n) is 1.76. The van der Waals surface area contributed by atoms with Crippen molar-refractivity contribution in [2.24, 2.45) is 0 Å². The van der Waals surface area contributed by atoms with Gasteiger partial charge in [-0.25, -0.2) is 8.42 Å². The summed E-state index contributed by atoms with van der Waals surface area (Å²) in [5.41, 5.74) is 0. The number of hydrogen-bond donors (Lipinski definition) is 0. The SMILES string of the molecule is CC(C)S(=O)(=O)N1[C@H]2CCCO[C@@H]21. The highest BCUT2D eigenvalue weighted by molar-refractivity contribution is 7.89.